The van der Waals surface area contributed by atoms with Crippen LogP contribution in [0, 0.1) is 0 Å². The lowest BCUT2D eigenvalue weighted by atomic mass is 10.2. The van der Waals surface area contributed by atoms with Gasteiger partial charge in [-0.05, 0) is 12.0 Å². The molecule has 50 valence electrons. The molecule has 0 bridgehead atoms. The largest absolute Gasteiger partial charge is 0.870 e. The van der Waals surface area contributed by atoms with E-state index in [1.54, 1.807) is 0 Å². The Labute approximate surface area is 52.5 Å². The van der Waals surface area contributed by atoms with Crippen LogP contribution in [0.1, 0.15) is 5.56 Å². The molecule has 0 aliphatic heterocycles. The molecule has 0 unspecified atom stereocenters. The van der Waals surface area contributed by atoms with Crippen molar-refractivity contribution in [3.8, 4) is 5.75 Å². The SMILES string of the molecule is [O-]c1cocc1CCO. The zero-order valence-corrected chi connectivity index (χ0v) is 4.83. The number of hydrogen-bond donors (Lipinski definition) is 1. The molecule has 3 nitrogen and oxygen atoms in total. The third-order valence-corrected chi connectivity index (χ3v) is 1.08. The Hall–Kier alpha value is -0.960. The van der Waals surface area contributed by atoms with Gasteiger partial charge in [-0.1, -0.05) is 5.75 Å². The van der Waals surface area contributed by atoms with E-state index in [9.17, 15) is 5.11 Å². The molecule has 0 amide bonds. The molecule has 0 aromatic carbocycles. The number of hydrogen-bond acceptors (Lipinski definition) is 3. The lowest BCUT2D eigenvalue weighted by Gasteiger charge is -2.00. The highest BCUT2D eigenvalue weighted by Crippen LogP contribution is 2.13. The molecular formula is C6H7O3-. The monoisotopic (exact) mass is 127 g/mol. The first-order valence-corrected chi connectivity index (χ1v) is 2.67. The van der Waals surface area contributed by atoms with Crippen LogP contribution in [-0.4, -0.2) is 11.7 Å². The van der Waals surface area contributed by atoms with Crippen LogP contribution in [0.2, 0.25) is 0 Å². The van der Waals surface area contributed by atoms with Crippen molar-refractivity contribution in [3.63, 3.8) is 0 Å². The molecule has 1 aromatic heterocycles. The number of aliphatic hydroxyl groups excluding tert-OH is 1. The number of rotatable bonds is 2. The van der Waals surface area contributed by atoms with Gasteiger partial charge in [-0.25, -0.2) is 0 Å². The van der Waals surface area contributed by atoms with E-state index in [1.807, 2.05) is 0 Å². The molecule has 0 aliphatic carbocycles. The van der Waals surface area contributed by atoms with Gasteiger partial charge in [0.1, 0.15) is 0 Å². The maximum atomic E-state index is 10.6. The van der Waals surface area contributed by atoms with Crippen molar-refractivity contribution in [1.82, 2.24) is 0 Å². The van der Waals surface area contributed by atoms with Gasteiger partial charge in [0.05, 0.1) is 12.5 Å². The van der Waals surface area contributed by atoms with Gasteiger partial charge in [0.15, 0.2) is 0 Å². The van der Waals surface area contributed by atoms with E-state index in [0.29, 0.717) is 12.0 Å². The lowest BCUT2D eigenvalue weighted by molar-refractivity contribution is -0.270. The Morgan fingerprint density at radius 2 is 2.33 bits per heavy atom. The van der Waals surface area contributed by atoms with Gasteiger partial charge in [0.2, 0.25) is 0 Å². The second-order valence-electron chi connectivity index (χ2n) is 1.73. The van der Waals surface area contributed by atoms with Crippen molar-refractivity contribution in [2.75, 3.05) is 6.61 Å². The summed E-state index contributed by atoms with van der Waals surface area (Å²) in [4.78, 5) is 0. The van der Waals surface area contributed by atoms with Crippen molar-refractivity contribution in [2.24, 2.45) is 0 Å². The molecule has 0 saturated carbocycles. The Kier molecular flexibility index (Phi) is 1.75. The minimum absolute atomic E-state index is 0.00519. The first kappa shape index (κ1) is 6.16. The highest BCUT2D eigenvalue weighted by Gasteiger charge is 1.92. The predicted octanol–water partition coefficient (Wildman–Crippen LogP) is -0.112. The highest BCUT2D eigenvalue weighted by molar-refractivity contribution is 5.24. The maximum absolute atomic E-state index is 10.6. The average Bonchev–Trinajstić information content (AvgIpc) is 2.18. The smallest absolute Gasteiger partial charge is 0.0928 e. The molecule has 0 atom stereocenters. The van der Waals surface area contributed by atoms with Crippen molar-refractivity contribution < 1.29 is 14.6 Å². The van der Waals surface area contributed by atoms with Gasteiger partial charge in [-0.3, -0.25) is 0 Å². The second-order valence-corrected chi connectivity index (χ2v) is 1.73. The van der Waals surface area contributed by atoms with Crippen LogP contribution >= 0.6 is 0 Å². The van der Waals surface area contributed by atoms with E-state index in [0.717, 1.165) is 6.26 Å². The zero-order chi connectivity index (χ0) is 6.69. The third kappa shape index (κ3) is 1.23. The van der Waals surface area contributed by atoms with Crippen LogP contribution in [0.5, 0.6) is 5.75 Å². The molecule has 9 heavy (non-hydrogen) atoms. The van der Waals surface area contributed by atoms with Crippen LogP contribution in [0.4, 0.5) is 0 Å². The molecule has 0 spiro atoms. The Morgan fingerprint density at radius 3 is 2.78 bits per heavy atom. The summed E-state index contributed by atoms with van der Waals surface area (Å²) in [5, 5.41) is 19.0. The summed E-state index contributed by atoms with van der Waals surface area (Å²) in [5.74, 6) is -0.135. The predicted molar refractivity (Wildman–Crippen MR) is 28.9 cm³/mol. The molecule has 0 radical (unpaired) electrons. The highest BCUT2D eigenvalue weighted by atomic mass is 16.3. The van der Waals surface area contributed by atoms with E-state index in [2.05, 4.69) is 4.42 Å². The lowest BCUT2D eigenvalue weighted by Crippen LogP contribution is -1.95. The van der Waals surface area contributed by atoms with Crippen molar-refractivity contribution in [2.45, 2.75) is 6.42 Å². The van der Waals surface area contributed by atoms with Crippen LogP contribution in [-0.2, 0) is 6.42 Å². The molecule has 1 rings (SSSR count). The van der Waals surface area contributed by atoms with E-state index in [-0.39, 0.29) is 12.4 Å². The third-order valence-electron chi connectivity index (χ3n) is 1.08. The first-order chi connectivity index (χ1) is 4.34. The van der Waals surface area contributed by atoms with E-state index >= 15 is 0 Å². The molecule has 0 fully saturated rings. The van der Waals surface area contributed by atoms with Crippen molar-refractivity contribution in [3.05, 3.63) is 18.1 Å². The first-order valence-electron chi connectivity index (χ1n) is 2.67. The summed E-state index contributed by atoms with van der Waals surface area (Å²) in [6, 6.07) is 0. The molecule has 1 heterocycles. The number of furan rings is 1. The van der Waals surface area contributed by atoms with Gasteiger partial charge >= 0.3 is 0 Å². The summed E-state index contributed by atoms with van der Waals surface area (Å²) < 4.78 is 4.57. The Morgan fingerprint density at radius 1 is 1.56 bits per heavy atom. The van der Waals surface area contributed by atoms with Crippen molar-refractivity contribution >= 4 is 0 Å². The maximum Gasteiger partial charge on any atom is 0.0928 e. The summed E-state index contributed by atoms with van der Waals surface area (Å²) in [6.07, 6.45) is 2.87. The zero-order valence-electron chi connectivity index (χ0n) is 4.83. The van der Waals surface area contributed by atoms with Gasteiger partial charge in [-0.15, -0.1) is 0 Å². The van der Waals surface area contributed by atoms with E-state index in [1.165, 1.54) is 6.26 Å². The molecule has 1 N–H and O–H groups in total. The number of aliphatic hydroxyl groups is 1. The molecule has 0 saturated heterocycles. The molecular weight excluding hydrogens is 120 g/mol. The molecule has 0 aliphatic rings. The quantitative estimate of drug-likeness (QED) is 0.603. The van der Waals surface area contributed by atoms with Gasteiger partial charge in [-0.2, -0.15) is 0 Å². The van der Waals surface area contributed by atoms with Crippen molar-refractivity contribution in [1.29, 1.82) is 0 Å². The van der Waals surface area contributed by atoms with Crippen LogP contribution in [0.15, 0.2) is 16.9 Å². The van der Waals surface area contributed by atoms with Gasteiger partial charge in [0, 0.05) is 6.61 Å². The Balaban J connectivity index is 2.69. The normalized spacial score (nSPS) is 9.89. The van der Waals surface area contributed by atoms with Crippen LogP contribution in [0.25, 0.3) is 0 Å². The second kappa shape index (κ2) is 2.55. The van der Waals surface area contributed by atoms with Gasteiger partial charge in [0.25, 0.3) is 0 Å². The fraction of sp³-hybridized carbons (Fsp3) is 0.333. The van der Waals surface area contributed by atoms with E-state index in [4.69, 9.17) is 5.11 Å². The van der Waals surface area contributed by atoms with E-state index < -0.39 is 0 Å². The summed E-state index contributed by atoms with van der Waals surface area (Å²) in [6.45, 7) is -0.00519. The summed E-state index contributed by atoms with van der Waals surface area (Å²) in [7, 11) is 0. The average molecular weight is 127 g/mol. The standard InChI is InChI=1S/C6H8O3/c7-2-1-5-3-9-4-6(5)8/h3-4,7-8H,1-2H2/p-1. The Bertz CT molecular complexity index is 180. The topological polar surface area (TPSA) is 56.4 Å². The molecule has 3 heteroatoms. The minimum Gasteiger partial charge on any atom is -0.870 e. The molecule has 1 aromatic rings. The summed E-state index contributed by atoms with van der Waals surface area (Å²) >= 11 is 0. The van der Waals surface area contributed by atoms with Crippen LogP contribution < -0.4 is 5.11 Å². The van der Waals surface area contributed by atoms with Gasteiger partial charge < -0.3 is 14.6 Å². The fourth-order valence-corrected chi connectivity index (χ4v) is 0.614. The fourth-order valence-electron chi connectivity index (χ4n) is 0.614. The van der Waals surface area contributed by atoms with Crippen LogP contribution in [0.3, 0.4) is 0 Å². The minimum atomic E-state index is -0.135. The summed E-state index contributed by atoms with van der Waals surface area (Å²) in [5.41, 5.74) is 0.539.